The fourth-order valence-corrected chi connectivity index (χ4v) is 3.35. The molecule has 112 valence electrons. The number of piperidine rings is 1. The van der Waals surface area contributed by atoms with Gasteiger partial charge in [0, 0.05) is 35.4 Å². The molecule has 1 atom stereocenters. The van der Waals surface area contributed by atoms with Crippen LogP contribution in [-0.4, -0.2) is 31.2 Å². The van der Waals surface area contributed by atoms with Gasteiger partial charge in [0.25, 0.3) is 0 Å². The summed E-state index contributed by atoms with van der Waals surface area (Å²) in [4.78, 5) is 6.95. The van der Waals surface area contributed by atoms with E-state index in [9.17, 15) is 0 Å². The first kappa shape index (κ1) is 14.6. The van der Waals surface area contributed by atoms with Crippen LogP contribution in [-0.2, 0) is 0 Å². The van der Waals surface area contributed by atoms with E-state index in [1.165, 1.54) is 23.9 Å². The molecule has 2 heterocycles. The molecule has 0 spiro atoms. The summed E-state index contributed by atoms with van der Waals surface area (Å²) >= 11 is 6.08. The van der Waals surface area contributed by atoms with Crippen molar-refractivity contribution in [3.63, 3.8) is 0 Å². The van der Waals surface area contributed by atoms with Crippen LogP contribution in [0.3, 0.4) is 0 Å². The van der Waals surface area contributed by atoms with Crippen LogP contribution < -0.4 is 10.2 Å². The van der Waals surface area contributed by atoms with Crippen molar-refractivity contribution in [1.29, 1.82) is 0 Å². The van der Waals surface area contributed by atoms with Crippen LogP contribution in [0.4, 0.5) is 5.69 Å². The molecule has 1 aromatic heterocycles. The second-order valence-corrected chi connectivity index (χ2v) is 6.19. The van der Waals surface area contributed by atoms with Gasteiger partial charge in [-0.15, -0.1) is 0 Å². The number of benzene rings is 1. The zero-order valence-corrected chi connectivity index (χ0v) is 13.2. The standard InChI is InChI=1S/C17H22ClN3/c1-2-19-11-13-4-3-9-21(12-13)17-7-8-20-16-10-14(18)5-6-15(16)17/h5-8,10,13,19H,2-4,9,11-12H2,1H3. The summed E-state index contributed by atoms with van der Waals surface area (Å²) in [5, 5.41) is 5.42. The smallest absolute Gasteiger partial charge is 0.0737 e. The van der Waals surface area contributed by atoms with Crippen molar-refractivity contribution in [2.75, 3.05) is 31.1 Å². The van der Waals surface area contributed by atoms with Gasteiger partial charge in [0.05, 0.1) is 5.52 Å². The number of halogens is 1. The van der Waals surface area contributed by atoms with Gasteiger partial charge in [-0.25, -0.2) is 0 Å². The summed E-state index contributed by atoms with van der Waals surface area (Å²) in [5.41, 5.74) is 2.27. The number of rotatable bonds is 4. The first-order valence-corrected chi connectivity index (χ1v) is 8.15. The van der Waals surface area contributed by atoms with Crippen molar-refractivity contribution < 1.29 is 0 Å². The Bertz CT molecular complexity index is 614. The Kier molecular flexibility index (Phi) is 4.61. The van der Waals surface area contributed by atoms with Crippen LogP contribution >= 0.6 is 11.6 Å². The fraction of sp³-hybridized carbons (Fsp3) is 0.471. The Balaban J connectivity index is 1.86. The number of fused-ring (bicyclic) bond motifs is 1. The normalized spacial score (nSPS) is 19.1. The molecule has 3 nitrogen and oxygen atoms in total. The minimum absolute atomic E-state index is 0.731. The van der Waals surface area contributed by atoms with E-state index in [0.717, 1.165) is 42.6 Å². The fourth-order valence-electron chi connectivity index (χ4n) is 3.18. The zero-order valence-electron chi connectivity index (χ0n) is 12.5. The molecule has 1 aromatic carbocycles. The summed E-state index contributed by atoms with van der Waals surface area (Å²) in [7, 11) is 0. The molecule has 1 fully saturated rings. The van der Waals surface area contributed by atoms with E-state index < -0.39 is 0 Å². The maximum Gasteiger partial charge on any atom is 0.0737 e. The SMILES string of the molecule is CCNCC1CCCN(c2ccnc3cc(Cl)ccc23)C1. The van der Waals surface area contributed by atoms with Gasteiger partial charge in [-0.05, 0) is 56.1 Å². The number of pyridine rings is 1. The highest BCUT2D eigenvalue weighted by Gasteiger charge is 2.21. The first-order chi connectivity index (χ1) is 10.3. The molecule has 2 aromatic rings. The summed E-state index contributed by atoms with van der Waals surface area (Å²) in [5.74, 6) is 0.731. The Morgan fingerprint density at radius 3 is 3.14 bits per heavy atom. The van der Waals surface area contributed by atoms with Crippen LogP contribution in [0.1, 0.15) is 19.8 Å². The van der Waals surface area contributed by atoms with Crippen LogP contribution in [0.15, 0.2) is 30.5 Å². The molecule has 1 unspecified atom stereocenters. The van der Waals surface area contributed by atoms with Crippen molar-refractivity contribution >= 4 is 28.2 Å². The van der Waals surface area contributed by atoms with Crippen LogP contribution in [0.5, 0.6) is 0 Å². The number of nitrogens with one attached hydrogen (secondary N) is 1. The van der Waals surface area contributed by atoms with Crippen molar-refractivity contribution in [2.24, 2.45) is 5.92 Å². The van der Waals surface area contributed by atoms with Crippen LogP contribution in [0.25, 0.3) is 10.9 Å². The van der Waals surface area contributed by atoms with Gasteiger partial charge in [-0.3, -0.25) is 4.98 Å². The highest BCUT2D eigenvalue weighted by molar-refractivity contribution is 6.31. The summed E-state index contributed by atoms with van der Waals surface area (Å²) in [6.07, 6.45) is 4.47. The van der Waals surface area contributed by atoms with E-state index in [0.29, 0.717) is 0 Å². The lowest BCUT2D eigenvalue weighted by Gasteiger charge is -2.35. The largest absolute Gasteiger partial charge is 0.371 e. The molecule has 1 saturated heterocycles. The minimum Gasteiger partial charge on any atom is -0.371 e. The second-order valence-electron chi connectivity index (χ2n) is 5.75. The Morgan fingerprint density at radius 1 is 1.38 bits per heavy atom. The Labute approximate surface area is 131 Å². The lowest BCUT2D eigenvalue weighted by molar-refractivity contribution is 0.396. The molecule has 0 aliphatic carbocycles. The van der Waals surface area contributed by atoms with Crippen molar-refractivity contribution in [2.45, 2.75) is 19.8 Å². The van der Waals surface area contributed by atoms with Gasteiger partial charge in [0.15, 0.2) is 0 Å². The number of hydrogen-bond donors (Lipinski definition) is 1. The Morgan fingerprint density at radius 2 is 2.29 bits per heavy atom. The number of anilines is 1. The van der Waals surface area contributed by atoms with E-state index in [1.807, 2.05) is 18.3 Å². The topological polar surface area (TPSA) is 28.2 Å². The van der Waals surface area contributed by atoms with Gasteiger partial charge in [0.2, 0.25) is 0 Å². The zero-order chi connectivity index (χ0) is 14.7. The molecule has 1 N–H and O–H groups in total. The summed E-state index contributed by atoms with van der Waals surface area (Å²) < 4.78 is 0. The molecule has 4 heteroatoms. The molecule has 1 aliphatic heterocycles. The van der Waals surface area contributed by atoms with Crippen molar-refractivity contribution in [1.82, 2.24) is 10.3 Å². The van der Waals surface area contributed by atoms with Gasteiger partial charge in [-0.1, -0.05) is 18.5 Å². The number of nitrogens with zero attached hydrogens (tertiary/aromatic N) is 2. The first-order valence-electron chi connectivity index (χ1n) is 7.78. The maximum absolute atomic E-state index is 6.08. The average molecular weight is 304 g/mol. The molecule has 0 saturated carbocycles. The quantitative estimate of drug-likeness (QED) is 0.933. The third-order valence-electron chi connectivity index (χ3n) is 4.22. The highest BCUT2D eigenvalue weighted by Crippen LogP contribution is 2.30. The predicted molar refractivity (Wildman–Crippen MR) is 90.2 cm³/mol. The van der Waals surface area contributed by atoms with Crippen LogP contribution in [0.2, 0.25) is 5.02 Å². The molecule has 0 radical (unpaired) electrons. The lowest BCUT2D eigenvalue weighted by atomic mass is 9.97. The van der Waals surface area contributed by atoms with E-state index in [2.05, 4.69) is 34.3 Å². The van der Waals surface area contributed by atoms with Gasteiger partial charge >= 0.3 is 0 Å². The molecular weight excluding hydrogens is 282 g/mol. The Hall–Kier alpha value is -1.32. The van der Waals surface area contributed by atoms with Crippen molar-refractivity contribution in [3.05, 3.63) is 35.5 Å². The van der Waals surface area contributed by atoms with E-state index >= 15 is 0 Å². The third kappa shape index (κ3) is 3.30. The molecular formula is C17H22ClN3. The molecule has 1 aliphatic rings. The molecule has 21 heavy (non-hydrogen) atoms. The lowest BCUT2D eigenvalue weighted by Crippen LogP contribution is -2.39. The van der Waals surface area contributed by atoms with E-state index in [1.54, 1.807) is 0 Å². The van der Waals surface area contributed by atoms with Gasteiger partial charge in [0.1, 0.15) is 0 Å². The highest BCUT2D eigenvalue weighted by atomic mass is 35.5. The summed E-state index contributed by atoms with van der Waals surface area (Å²) in [6.45, 7) is 6.58. The molecule has 3 rings (SSSR count). The van der Waals surface area contributed by atoms with Gasteiger partial charge in [-0.2, -0.15) is 0 Å². The maximum atomic E-state index is 6.08. The third-order valence-corrected chi connectivity index (χ3v) is 4.46. The average Bonchev–Trinajstić information content (AvgIpc) is 2.52. The number of aromatic nitrogens is 1. The minimum atomic E-state index is 0.731. The number of hydrogen-bond acceptors (Lipinski definition) is 3. The van der Waals surface area contributed by atoms with Gasteiger partial charge < -0.3 is 10.2 Å². The van der Waals surface area contributed by atoms with Crippen LogP contribution in [0, 0.1) is 5.92 Å². The van der Waals surface area contributed by atoms with Crippen molar-refractivity contribution in [3.8, 4) is 0 Å². The second kappa shape index (κ2) is 6.63. The van der Waals surface area contributed by atoms with E-state index in [4.69, 9.17) is 11.6 Å². The molecule has 0 amide bonds. The summed E-state index contributed by atoms with van der Waals surface area (Å²) in [6, 6.07) is 8.12. The molecule has 0 bridgehead atoms. The monoisotopic (exact) mass is 303 g/mol. The predicted octanol–water partition coefficient (Wildman–Crippen LogP) is 3.71. The van der Waals surface area contributed by atoms with E-state index in [-0.39, 0.29) is 0 Å².